The van der Waals surface area contributed by atoms with Crippen LogP contribution in [0.25, 0.3) is 0 Å². The summed E-state index contributed by atoms with van der Waals surface area (Å²) in [6.45, 7) is 6.96. The first-order valence-electron chi connectivity index (χ1n) is 6.91. The van der Waals surface area contributed by atoms with Crippen LogP contribution in [-0.4, -0.2) is 73.9 Å². The van der Waals surface area contributed by atoms with Gasteiger partial charge < -0.3 is 15.3 Å². The molecular weight excluding hydrogens is 214 g/mol. The van der Waals surface area contributed by atoms with Gasteiger partial charge in [0.1, 0.15) is 0 Å². The Morgan fingerprint density at radius 3 is 2.94 bits per heavy atom. The van der Waals surface area contributed by atoms with E-state index in [9.17, 15) is 5.11 Å². The van der Waals surface area contributed by atoms with E-state index in [4.69, 9.17) is 0 Å². The summed E-state index contributed by atoms with van der Waals surface area (Å²) in [6.07, 6.45) is 3.40. The molecule has 0 aromatic rings. The molecule has 0 aromatic carbocycles. The van der Waals surface area contributed by atoms with Gasteiger partial charge in [-0.15, -0.1) is 0 Å². The third-order valence-corrected chi connectivity index (χ3v) is 3.53. The van der Waals surface area contributed by atoms with Crippen molar-refractivity contribution in [3.05, 3.63) is 0 Å². The number of hydrogen-bond donors (Lipinski definition) is 2. The van der Waals surface area contributed by atoms with Gasteiger partial charge in [0.15, 0.2) is 0 Å². The van der Waals surface area contributed by atoms with Crippen LogP contribution in [0.5, 0.6) is 0 Å². The number of hydrogen-bond acceptors (Lipinski definition) is 4. The zero-order valence-corrected chi connectivity index (χ0v) is 11.7. The summed E-state index contributed by atoms with van der Waals surface area (Å²) in [5, 5.41) is 13.2. The largest absolute Gasteiger partial charge is 0.390 e. The highest BCUT2D eigenvalue weighted by atomic mass is 16.3. The van der Waals surface area contributed by atoms with Gasteiger partial charge in [0, 0.05) is 25.7 Å². The van der Waals surface area contributed by atoms with Crippen molar-refractivity contribution in [1.82, 2.24) is 15.1 Å². The van der Waals surface area contributed by atoms with E-state index in [1.54, 1.807) is 0 Å². The predicted molar refractivity (Wildman–Crippen MR) is 72.3 cm³/mol. The van der Waals surface area contributed by atoms with Crippen molar-refractivity contribution in [2.45, 2.75) is 38.3 Å². The number of nitrogens with one attached hydrogen (secondary N) is 1. The maximum absolute atomic E-state index is 9.92. The van der Waals surface area contributed by atoms with Crippen molar-refractivity contribution in [1.29, 1.82) is 0 Å². The quantitative estimate of drug-likeness (QED) is 0.634. The highest BCUT2D eigenvalue weighted by Crippen LogP contribution is 2.13. The van der Waals surface area contributed by atoms with Gasteiger partial charge >= 0.3 is 0 Å². The monoisotopic (exact) mass is 243 g/mol. The number of likely N-dealkylation sites (N-methyl/N-ethyl adjacent to an activating group) is 2. The molecule has 4 nitrogen and oxygen atoms in total. The topological polar surface area (TPSA) is 38.7 Å². The van der Waals surface area contributed by atoms with Crippen LogP contribution >= 0.6 is 0 Å². The second-order valence-electron chi connectivity index (χ2n) is 5.36. The molecule has 4 heteroatoms. The Kier molecular flexibility index (Phi) is 7.04. The number of aliphatic hydroxyl groups is 1. The smallest absolute Gasteiger partial charge is 0.0791 e. The molecule has 1 saturated heterocycles. The Balaban J connectivity index is 2.20. The van der Waals surface area contributed by atoms with Gasteiger partial charge in [-0.25, -0.2) is 0 Å². The van der Waals surface area contributed by atoms with Crippen LogP contribution < -0.4 is 5.32 Å². The summed E-state index contributed by atoms with van der Waals surface area (Å²) in [4.78, 5) is 4.69. The second kappa shape index (κ2) is 8.03. The fourth-order valence-electron chi connectivity index (χ4n) is 2.49. The molecule has 1 rings (SSSR count). The van der Waals surface area contributed by atoms with E-state index in [0.717, 1.165) is 26.1 Å². The standard InChI is InChI=1S/C13H29N3O/c1-4-7-14-9-13(17)11-16(3)12-6-5-8-15(2)10-12/h12-14,17H,4-11H2,1-3H3. The molecule has 0 radical (unpaired) electrons. The minimum atomic E-state index is -0.251. The fraction of sp³-hybridized carbons (Fsp3) is 1.00. The molecule has 1 heterocycles. The van der Waals surface area contributed by atoms with E-state index in [-0.39, 0.29) is 6.10 Å². The Morgan fingerprint density at radius 1 is 1.53 bits per heavy atom. The molecular formula is C13H29N3O. The molecule has 0 bridgehead atoms. The molecule has 2 N–H and O–H groups in total. The van der Waals surface area contributed by atoms with Crippen LogP contribution in [0.1, 0.15) is 26.2 Å². The first kappa shape index (κ1) is 14.9. The van der Waals surface area contributed by atoms with Gasteiger partial charge in [-0.3, -0.25) is 4.90 Å². The highest BCUT2D eigenvalue weighted by Gasteiger charge is 2.22. The third-order valence-electron chi connectivity index (χ3n) is 3.53. The Bertz CT molecular complexity index is 201. The van der Waals surface area contributed by atoms with Gasteiger partial charge in [-0.2, -0.15) is 0 Å². The average molecular weight is 243 g/mol. The lowest BCUT2D eigenvalue weighted by atomic mass is 10.0. The van der Waals surface area contributed by atoms with E-state index >= 15 is 0 Å². The average Bonchev–Trinajstić information content (AvgIpc) is 2.29. The molecule has 0 saturated carbocycles. The van der Waals surface area contributed by atoms with Crippen molar-refractivity contribution < 1.29 is 5.11 Å². The summed E-state index contributed by atoms with van der Waals surface area (Å²) in [5.41, 5.74) is 0. The Hall–Kier alpha value is -0.160. The second-order valence-corrected chi connectivity index (χ2v) is 5.36. The molecule has 0 amide bonds. The molecule has 102 valence electrons. The molecule has 0 aromatic heterocycles. The van der Waals surface area contributed by atoms with E-state index < -0.39 is 0 Å². The first-order valence-corrected chi connectivity index (χ1v) is 6.91. The van der Waals surface area contributed by atoms with Gasteiger partial charge in [0.25, 0.3) is 0 Å². The van der Waals surface area contributed by atoms with Gasteiger partial charge in [0.05, 0.1) is 6.10 Å². The number of nitrogens with zero attached hydrogens (tertiary/aromatic N) is 2. The zero-order valence-electron chi connectivity index (χ0n) is 11.7. The van der Waals surface area contributed by atoms with Gasteiger partial charge in [-0.1, -0.05) is 6.92 Å². The molecule has 1 aliphatic heterocycles. The van der Waals surface area contributed by atoms with Crippen LogP contribution in [0.3, 0.4) is 0 Å². The van der Waals surface area contributed by atoms with Crippen LogP contribution in [-0.2, 0) is 0 Å². The van der Waals surface area contributed by atoms with Crippen molar-refractivity contribution in [2.24, 2.45) is 0 Å². The van der Waals surface area contributed by atoms with Crippen LogP contribution in [0.4, 0.5) is 0 Å². The maximum Gasteiger partial charge on any atom is 0.0791 e. The summed E-state index contributed by atoms with van der Waals surface area (Å²) >= 11 is 0. The molecule has 17 heavy (non-hydrogen) atoms. The molecule has 0 aliphatic carbocycles. The summed E-state index contributed by atoms with van der Waals surface area (Å²) in [5.74, 6) is 0. The number of likely N-dealkylation sites (tertiary alicyclic amines) is 1. The summed E-state index contributed by atoms with van der Waals surface area (Å²) < 4.78 is 0. The Labute approximate surface area is 106 Å². The van der Waals surface area contributed by atoms with E-state index in [0.29, 0.717) is 12.6 Å². The van der Waals surface area contributed by atoms with E-state index in [2.05, 4.69) is 36.1 Å². The number of rotatable bonds is 7. The maximum atomic E-state index is 9.92. The van der Waals surface area contributed by atoms with Crippen molar-refractivity contribution in [3.8, 4) is 0 Å². The van der Waals surface area contributed by atoms with E-state index in [1.165, 1.54) is 19.4 Å². The zero-order chi connectivity index (χ0) is 12.7. The normalized spacial score (nSPS) is 24.2. The summed E-state index contributed by atoms with van der Waals surface area (Å²) in [7, 11) is 4.31. The first-order chi connectivity index (χ1) is 8.13. The van der Waals surface area contributed by atoms with Crippen LogP contribution in [0.2, 0.25) is 0 Å². The number of piperidine rings is 1. The SMILES string of the molecule is CCCNCC(O)CN(C)C1CCCN(C)C1. The third kappa shape index (κ3) is 5.82. The van der Waals surface area contributed by atoms with E-state index in [1.807, 2.05) is 0 Å². The van der Waals surface area contributed by atoms with Crippen molar-refractivity contribution in [2.75, 3.05) is 46.8 Å². The lowest BCUT2D eigenvalue weighted by Crippen LogP contribution is -2.48. The summed E-state index contributed by atoms with van der Waals surface area (Å²) in [6, 6.07) is 0.606. The van der Waals surface area contributed by atoms with Crippen LogP contribution in [0.15, 0.2) is 0 Å². The molecule has 0 spiro atoms. The van der Waals surface area contributed by atoms with Crippen LogP contribution in [0, 0.1) is 0 Å². The fourth-order valence-corrected chi connectivity index (χ4v) is 2.49. The van der Waals surface area contributed by atoms with Crippen molar-refractivity contribution in [3.63, 3.8) is 0 Å². The lowest BCUT2D eigenvalue weighted by Gasteiger charge is -2.36. The van der Waals surface area contributed by atoms with Crippen molar-refractivity contribution >= 4 is 0 Å². The number of aliphatic hydroxyl groups excluding tert-OH is 1. The minimum Gasteiger partial charge on any atom is -0.390 e. The van der Waals surface area contributed by atoms with Gasteiger partial charge in [0.2, 0.25) is 0 Å². The molecule has 2 unspecified atom stereocenters. The lowest BCUT2D eigenvalue weighted by molar-refractivity contribution is 0.0742. The predicted octanol–water partition coefficient (Wildman–Crippen LogP) is 0.373. The van der Waals surface area contributed by atoms with Gasteiger partial charge in [-0.05, 0) is 46.4 Å². The molecule has 2 atom stereocenters. The Morgan fingerprint density at radius 2 is 2.29 bits per heavy atom. The molecule has 1 fully saturated rings. The minimum absolute atomic E-state index is 0.251. The molecule has 1 aliphatic rings. The highest BCUT2D eigenvalue weighted by molar-refractivity contribution is 4.79.